The van der Waals surface area contributed by atoms with Gasteiger partial charge in [-0.25, -0.2) is 0 Å². The van der Waals surface area contributed by atoms with Crippen LogP contribution in [0.3, 0.4) is 0 Å². The molecule has 1 aromatic carbocycles. The average molecular weight is 472 g/mol. The Kier molecular flexibility index (Phi) is 10.6. The summed E-state index contributed by atoms with van der Waals surface area (Å²) in [6.07, 6.45) is 6.15. The van der Waals surface area contributed by atoms with Crippen molar-refractivity contribution in [3.8, 4) is 0 Å². The monoisotopic (exact) mass is 472 g/mol. The SMILES string of the molecule is CN=C(NCCC(=O)NC1CCCC1)NCCc1cc(C)cc(C)c1.I. The van der Waals surface area contributed by atoms with Crippen LogP contribution in [0.15, 0.2) is 23.2 Å². The lowest BCUT2D eigenvalue weighted by Gasteiger charge is -2.14. The first-order chi connectivity index (χ1) is 12.1. The van der Waals surface area contributed by atoms with Gasteiger partial charge in [0.25, 0.3) is 0 Å². The number of carbonyl (C=O) groups excluding carboxylic acids is 1. The van der Waals surface area contributed by atoms with E-state index >= 15 is 0 Å². The van der Waals surface area contributed by atoms with Crippen LogP contribution in [0.1, 0.15) is 48.8 Å². The normalized spacial score (nSPS) is 14.7. The first-order valence-corrected chi connectivity index (χ1v) is 9.38. The van der Waals surface area contributed by atoms with Crippen molar-refractivity contribution in [2.75, 3.05) is 20.1 Å². The fourth-order valence-electron chi connectivity index (χ4n) is 3.42. The van der Waals surface area contributed by atoms with Gasteiger partial charge in [-0.1, -0.05) is 42.2 Å². The van der Waals surface area contributed by atoms with E-state index in [-0.39, 0.29) is 29.9 Å². The second-order valence-corrected chi connectivity index (χ2v) is 6.97. The van der Waals surface area contributed by atoms with Crippen molar-refractivity contribution in [2.45, 2.75) is 58.4 Å². The number of aliphatic imine (C=N–C) groups is 1. The molecule has 6 heteroatoms. The van der Waals surface area contributed by atoms with E-state index in [0.29, 0.717) is 19.0 Å². The minimum Gasteiger partial charge on any atom is -0.356 e. The van der Waals surface area contributed by atoms with E-state index in [1.165, 1.54) is 29.5 Å². The van der Waals surface area contributed by atoms with Crippen LogP contribution in [0.25, 0.3) is 0 Å². The predicted molar refractivity (Wildman–Crippen MR) is 119 cm³/mol. The van der Waals surface area contributed by atoms with Crippen LogP contribution in [0, 0.1) is 13.8 Å². The summed E-state index contributed by atoms with van der Waals surface area (Å²) in [5, 5.41) is 9.63. The fraction of sp³-hybridized carbons (Fsp3) is 0.600. The van der Waals surface area contributed by atoms with Gasteiger partial charge in [0.05, 0.1) is 0 Å². The molecular formula is C20H33IN4O. The van der Waals surface area contributed by atoms with Crippen molar-refractivity contribution in [3.05, 3.63) is 34.9 Å². The molecule has 0 atom stereocenters. The minimum absolute atomic E-state index is 0. The number of amides is 1. The van der Waals surface area contributed by atoms with Gasteiger partial charge in [-0.2, -0.15) is 0 Å². The molecule has 26 heavy (non-hydrogen) atoms. The molecule has 0 bridgehead atoms. The number of guanidine groups is 1. The first kappa shape index (κ1) is 22.7. The van der Waals surface area contributed by atoms with Crippen LogP contribution in [0.5, 0.6) is 0 Å². The standard InChI is InChI=1S/C20H32N4O.HI/c1-15-12-16(2)14-17(13-15)8-10-22-20(21-3)23-11-9-19(25)24-18-6-4-5-7-18;/h12-14,18H,4-11H2,1-3H3,(H,24,25)(H2,21,22,23);1H. The second kappa shape index (κ2) is 12.1. The summed E-state index contributed by atoms with van der Waals surface area (Å²) in [6.45, 7) is 5.67. The molecule has 0 aliphatic heterocycles. The topological polar surface area (TPSA) is 65.5 Å². The number of hydrogen-bond donors (Lipinski definition) is 3. The van der Waals surface area contributed by atoms with Gasteiger partial charge in [-0.3, -0.25) is 9.79 Å². The summed E-state index contributed by atoms with van der Waals surface area (Å²) in [4.78, 5) is 16.1. The lowest BCUT2D eigenvalue weighted by molar-refractivity contribution is -0.121. The Bertz CT molecular complexity index is 577. The van der Waals surface area contributed by atoms with Crippen LogP contribution in [-0.2, 0) is 11.2 Å². The van der Waals surface area contributed by atoms with Crippen molar-refractivity contribution < 1.29 is 4.79 Å². The maximum absolute atomic E-state index is 11.9. The smallest absolute Gasteiger partial charge is 0.221 e. The Hall–Kier alpha value is -1.31. The predicted octanol–water partition coefficient (Wildman–Crippen LogP) is 3.08. The summed E-state index contributed by atoms with van der Waals surface area (Å²) < 4.78 is 0. The third kappa shape index (κ3) is 8.38. The Morgan fingerprint density at radius 2 is 1.69 bits per heavy atom. The number of hydrogen-bond acceptors (Lipinski definition) is 2. The van der Waals surface area contributed by atoms with Gasteiger partial charge in [0, 0.05) is 32.6 Å². The molecule has 1 amide bonds. The van der Waals surface area contributed by atoms with Crippen molar-refractivity contribution >= 4 is 35.8 Å². The number of benzene rings is 1. The molecule has 3 N–H and O–H groups in total. The molecule has 0 spiro atoms. The van der Waals surface area contributed by atoms with Crippen LogP contribution >= 0.6 is 24.0 Å². The van der Waals surface area contributed by atoms with Gasteiger partial charge < -0.3 is 16.0 Å². The number of carbonyl (C=O) groups is 1. The van der Waals surface area contributed by atoms with Crippen molar-refractivity contribution in [3.63, 3.8) is 0 Å². The highest BCUT2D eigenvalue weighted by Gasteiger charge is 2.16. The lowest BCUT2D eigenvalue weighted by Crippen LogP contribution is -2.41. The largest absolute Gasteiger partial charge is 0.356 e. The molecule has 5 nitrogen and oxygen atoms in total. The third-order valence-corrected chi connectivity index (χ3v) is 4.58. The zero-order valence-electron chi connectivity index (χ0n) is 16.2. The summed E-state index contributed by atoms with van der Waals surface area (Å²) in [5.74, 6) is 0.878. The van der Waals surface area contributed by atoms with Crippen LogP contribution in [0.2, 0.25) is 0 Å². The van der Waals surface area contributed by atoms with E-state index in [1.54, 1.807) is 7.05 Å². The van der Waals surface area contributed by atoms with E-state index in [0.717, 1.165) is 31.8 Å². The van der Waals surface area contributed by atoms with E-state index < -0.39 is 0 Å². The zero-order valence-corrected chi connectivity index (χ0v) is 18.6. The Morgan fingerprint density at radius 3 is 2.31 bits per heavy atom. The van der Waals surface area contributed by atoms with Crippen molar-refractivity contribution in [1.82, 2.24) is 16.0 Å². The molecule has 0 radical (unpaired) electrons. The zero-order chi connectivity index (χ0) is 18.1. The summed E-state index contributed by atoms with van der Waals surface area (Å²) in [7, 11) is 1.75. The highest BCUT2D eigenvalue weighted by molar-refractivity contribution is 14.0. The molecule has 0 heterocycles. The molecule has 0 unspecified atom stereocenters. The molecule has 1 aliphatic carbocycles. The molecule has 1 aliphatic rings. The summed E-state index contributed by atoms with van der Waals surface area (Å²) >= 11 is 0. The van der Waals surface area contributed by atoms with Crippen molar-refractivity contribution in [1.29, 1.82) is 0 Å². The van der Waals surface area contributed by atoms with E-state index in [4.69, 9.17) is 0 Å². The third-order valence-electron chi connectivity index (χ3n) is 4.58. The number of nitrogens with zero attached hydrogens (tertiary/aromatic N) is 1. The number of halogens is 1. The minimum atomic E-state index is 0. The molecule has 146 valence electrons. The van der Waals surface area contributed by atoms with Crippen molar-refractivity contribution in [2.24, 2.45) is 4.99 Å². The average Bonchev–Trinajstić information content (AvgIpc) is 3.05. The Labute approximate surface area is 174 Å². The molecule has 1 fully saturated rings. The number of nitrogens with one attached hydrogen (secondary N) is 3. The van der Waals surface area contributed by atoms with E-state index in [9.17, 15) is 4.79 Å². The maximum Gasteiger partial charge on any atom is 0.221 e. The molecule has 0 aromatic heterocycles. The van der Waals surface area contributed by atoms with Crippen LogP contribution in [0.4, 0.5) is 0 Å². The van der Waals surface area contributed by atoms with E-state index in [1.807, 2.05) is 0 Å². The molecule has 0 saturated heterocycles. The molecule has 2 rings (SSSR count). The molecule has 1 aromatic rings. The Balaban J connectivity index is 0.00000338. The highest BCUT2D eigenvalue weighted by Crippen LogP contribution is 2.17. The number of aryl methyl sites for hydroxylation is 2. The van der Waals surface area contributed by atoms with Gasteiger partial charge in [0.1, 0.15) is 0 Å². The van der Waals surface area contributed by atoms with E-state index in [2.05, 4.69) is 53.0 Å². The molecule has 1 saturated carbocycles. The summed E-state index contributed by atoms with van der Waals surface area (Å²) in [5.41, 5.74) is 3.92. The fourth-order valence-corrected chi connectivity index (χ4v) is 3.42. The lowest BCUT2D eigenvalue weighted by atomic mass is 10.1. The Morgan fingerprint density at radius 1 is 1.08 bits per heavy atom. The van der Waals surface area contributed by atoms with Gasteiger partial charge in [-0.15, -0.1) is 24.0 Å². The second-order valence-electron chi connectivity index (χ2n) is 6.97. The van der Waals surface area contributed by atoms with Gasteiger partial charge in [0.2, 0.25) is 5.91 Å². The summed E-state index contributed by atoms with van der Waals surface area (Å²) in [6, 6.07) is 7.02. The van der Waals surface area contributed by atoms with Gasteiger partial charge in [-0.05, 0) is 38.7 Å². The maximum atomic E-state index is 11.9. The highest BCUT2D eigenvalue weighted by atomic mass is 127. The van der Waals surface area contributed by atoms with Crippen LogP contribution < -0.4 is 16.0 Å². The number of rotatable bonds is 7. The van der Waals surface area contributed by atoms with Gasteiger partial charge >= 0.3 is 0 Å². The van der Waals surface area contributed by atoms with Gasteiger partial charge in [0.15, 0.2) is 5.96 Å². The first-order valence-electron chi connectivity index (χ1n) is 9.38. The molecular weight excluding hydrogens is 439 g/mol. The van der Waals surface area contributed by atoms with Crippen LogP contribution in [-0.4, -0.2) is 38.0 Å². The quantitative estimate of drug-likeness (QED) is 0.325.